The summed E-state index contributed by atoms with van der Waals surface area (Å²) in [5, 5.41) is 13.0. The molecule has 6 nitrogen and oxygen atoms in total. The van der Waals surface area contributed by atoms with Crippen molar-refractivity contribution in [3.63, 3.8) is 0 Å². The van der Waals surface area contributed by atoms with Crippen LogP contribution in [0.3, 0.4) is 0 Å². The van der Waals surface area contributed by atoms with Crippen molar-refractivity contribution in [1.29, 1.82) is 0 Å². The molecule has 0 saturated heterocycles. The minimum Gasteiger partial charge on any atom is -0.480 e. The van der Waals surface area contributed by atoms with Gasteiger partial charge in [0.25, 0.3) is 0 Å². The van der Waals surface area contributed by atoms with E-state index in [1.54, 1.807) is 0 Å². The van der Waals surface area contributed by atoms with Gasteiger partial charge in [0.2, 0.25) is 11.8 Å². The predicted molar refractivity (Wildman–Crippen MR) is 69.7 cm³/mol. The Balaban J connectivity index is 2.16. The Morgan fingerprint density at radius 2 is 1.85 bits per heavy atom. The minimum atomic E-state index is -1.56. The Morgan fingerprint density at radius 1 is 1.20 bits per heavy atom. The summed E-state index contributed by atoms with van der Waals surface area (Å²) in [5.41, 5.74) is 0. The Kier molecular flexibility index (Phi) is 6.97. The molecule has 0 spiro atoms. The Bertz CT molecular complexity index is 356. The summed E-state index contributed by atoms with van der Waals surface area (Å²) >= 11 is 0. The second kappa shape index (κ2) is 8.50. The van der Waals surface area contributed by atoms with Gasteiger partial charge in [-0.25, -0.2) is 9.18 Å². The van der Waals surface area contributed by atoms with E-state index in [-0.39, 0.29) is 12.5 Å². The number of carbonyl (C=O) groups excluding carboxylic acids is 2. The third kappa shape index (κ3) is 5.99. The minimum absolute atomic E-state index is 0.237. The molecule has 0 bridgehead atoms. The topological polar surface area (TPSA) is 95.5 Å². The third-order valence-corrected chi connectivity index (χ3v) is 3.49. The molecule has 7 heteroatoms. The number of carboxylic acids is 1. The van der Waals surface area contributed by atoms with Gasteiger partial charge in [0.15, 0.2) is 6.04 Å². The van der Waals surface area contributed by atoms with Crippen molar-refractivity contribution in [3.8, 4) is 0 Å². The molecule has 1 unspecified atom stereocenters. The molecular formula is C13H21FN2O4. The zero-order chi connectivity index (χ0) is 15.0. The number of amides is 2. The van der Waals surface area contributed by atoms with E-state index >= 15 is 0 Å². The van der Waals surface area contributed by atoms with Crippen molar-refractivity contribution in [3.05, 3.63) is 0 Å². The molecule has 1 atom stereocenters. The molecular weight excluding hydrogens is 267 g/mol. The maximum atomic E-state index is 12.3. The first-order valence-corrected chi connectivity index (χ1v) is 6.87. The van der Waals surface area contributed by atoms with Gasteiger partial charge in [-0.05, 0) is 12.3 Å². The highest BCUT2D eigenvalue weighted by Crippen LogP contribution is 2.28. The van der Waals surface area contributed by atoms with Gasteiger partial charge < -0.3 is 15.7 Å². The third-order valence-electron chi connectivity index (χ3n) is 3.49. The number of carbonyl (C=O) groups is 3. The van der Waals surface area contributed by atoms with Crippen LogP contribution in [-0.4, -0.2) is 42.2 Å². The first kappa shape index (κ1) is 16.4. The summed E-state index contributed by atoms with van der Waals surface area (Å²) in [6.45, 7) is -1.51. The average molecular weight is 288 g/mol. The van der Waals surface area contributed by atoms with Gasteiger partial charge in [-0.3, -0.25) is 9.59 Å². The molecule has 1 fully saturated rings. The summed E-state index contributed by atoms with van der Waals surface area (Å²) in [5.74, 6) is -1.78. The summed E-state index contributed by atoms with van der Waals surface area (Å²) < 4.78 is 12.3. The lowest BCUT2D eigenvalue weighted by molar-refractivity contribution is -0.142. The molecule has 0 aliphatic heterocycles. The molecule has 0 aromatic rings. The van der Waals surface area contributed by atoms with Gasteiger partial charge in [0.05, 0.1) is 6.54 Å². The lowest BCUT2D eigenvalue weighted by atomic mass is 10.0. The smallest absolute Gasteiger partial charge is 0.328 e. The number of halogens is 1. The number of hydrogen-bond acceptors (Lipinski definition) is 3. The number of nitrogens with one attached hydrogen (secondary N) is 2. The van der Waals surface area contributed by atoms with Gasteiger partial charge in [0, 0.05) is 6.42 Å². The van der Waals surface area contributed by atoms with Crippen molar-refractivity contribution >= 4 is 17.8 Å². The summed E-state index contributed by atoms with van der Waals surface area (Å²) in [7, 11) is 0. The van der Waals surface area contributed by atoms with Crippen LogP contribution in [0, 0.1) is 5.92 Å². The van der Waals surface area contributed by atoms with E-state index in [9.17, 15) is 18.8 Å². The summed E-state index contributed by atoms with van der Waals surface area (Å²) in [6, 6.07) is -1.56. The van der Waals surface area contributed by atoms with Crippen LogP contribution in [0.4, 0.5) is 4.39 Å². The van der Waals surface area contributed by atoms with E-state index in [1.807, 2.05) is 5.32 Å². The van der Waals surface area contributed by atoms with Crippen LogP contribution in [-0.2, 0) is 14.4 Å². The standard InChI is InChI=1S/C13H21FN2O4/c14-7-10(13(19)20)16-12(18)8-15-11(17)6-5-9-3-1-2-4-9/h9-10H,1-8H2,(H,15,17)(H,16,18)(H,19,20). The molecule has 1 aliphatic rings. The first-order valence-electron chi connectivity index (χ1n) is 6.87. The monoisotopic (exact) mass is 288 g/mol. The highest BCUT2D eigenvalue weighted by Gasteiger charge is 2.20. The first-order chi connectivity index (χ1) is 9.52. The van der Waals surface area contributed by atoms with Crippen LogP contribution in [0.1, 0.15) is 38.5 Å². The highest BCUT2D eigenvalue weighted by molar-refractivity contribution is 5.87. The molecule has 0 radical (unpaired) electrons. The van der Waals surface area contributed by atoms with E-state index in [1.165, 1.54) is 12.8 Å². The van der Waals surface area contributed by atoms with Crippen LogP contribution in [0.2, 0.25) is 0 Å². The zero-order valence-corrected chi connectivity index (χ0v) is 11.4. The van der Waals surface area contributed by atoms with Crippen LogP contribution >= 0.6 is 0 Å². The normalized spacial score (nSPS) is 16.6. The number of rotatable bonds is 8. The van der Waals surface area contributed by atoms with Crippen LogP contribution in [0.15, 0.2) is 0 Å². The van der Waals surface area contributed by atoms with E-state index in [2.05, 4.69) is 5.32 Å². The van der Waals surface area contributed by atoms with E-state index < -0.39 is 24.6 Å². The van der Waals surface area contributed by atoms with Gasteiger partial charge >= 0.3 is 5.97 Å². The largest absolute Gasteiger partial charge is 0.480 e. The molecule has 2 amide bonds. The molecule has 1 aliphatic carbocycles. The summed E-state index contributed by atoms with van der Waals surface area (Å²) in [6.07, 6.45) is 5.93. The molecule has 0 heterocycles. The van der Waals surface area contributed by atoms with Crippen LogP contribution < -0.4 is 10.6 Å². The van der Waals surface area contributed by atoms with Gasteiger partial charge in [-0.1, -0.05) is 25.7 Å². The molecule has 20 heavy (non-hydrogen) atoms. The second-order valence-corrected chi connectivity index (χ2v) is 5.08. The van der Waals surface area contributed by atoms with Gasteiger partial charge in [-0.2, -0.15) is 0 Å². The fraction of sp³-hybridized carbons (Fsp3) is 0.769. The van der Waals surface area contributed by atoms with E-state index in [0.717, 1.165) is 19.3 Å². The van der Waals surface area contributed by atoms with Crippen molar-refractivity contribution in [2.24, 2.45) is 5.92 Å². The Morgan fingerprint density at radius 3 is 2.40 bits per heavy atom. The quantitative estimate of drug-likeness (QED) is 0.610. The number of carboxylic acid groups (broad SMARTS) is 1. The van der Waals surface area contributed by atoms with E-state index in [4.69, 9.17) is 5.11 Å². The predicted octanol–water partition coefficient (Wildman–Crippen LogP) is 0.612. The fourth-order valence-electron chi connectivity index (χ4n) is 2.31. The lowest BCUT2D eigenvalue weighted by Gasteiger charge is -2.12. The molecule has 114 valence electrons. The highest BCUT2D eigenvalue weighted by atomic mass is 19.1. The summed E-state index contributed by atoms with van der Waals surface area (Å²) in [4.78, 5) is 33.3. The Labute approximate surface area is 117 Å². The molecule has 0 aromatic carbocycles. The van der Waals surface area contributed by atoms with Crippen molar-refractivity contribution in [2.45, 2.75) is 44.6 Å². The number of hydrogen-bond donors (Lipinski definition) is 3. The van der Waals surface area contributed by atoms with Crippen LogP contribution in [0.25, 0.3) is 0 Å². The number of alkyl halides is 1. The average Bonchev–Trinajstić information content (AvgIpc) is 2.93. The molecule has 3 N–H and O–H groups in total. The molecule has 1 saturated carbocycles. The maximum Gasteiger partial charge on any atom is 0.328 e. The van der Waals surface area contributed by atoms with Crippen molar-refractivity contribution in [2.75, 3.05) is 13.2 Å². The number of aliphatic carboxylic acids is 1. The maximum absolute atomic E-state index is 12.3. The molecule has 0 aromatic heterocycles. The second-order valence-electron chi connectivity index (χ2n) is 5.08. The van der Waals surface area contributed by atoms with Gasteiger partial charge in [0.1, 0.15) is 6.67 Å². The van der Waals surface area contributed by atoms with E-state index in [0.29, 0.717) is 12.3 Å². The van der Waals surface area contributed by atoms with Crippen molar-refractivity contribution in [1.82, 2.24) is 10.6 Å². The SMILES string of the molecule is O=C(CCC1CCCC1)NCC(=O)NC(CF)C(=O)O. The molecule has 1 rings (SSSR count). The fourth-order valence-corrected chi connectivity index (χ4v) is 2.31. The van der Waals surface area contributed by atoms with Gasteiger partial charge in [-0.15, -0.1) is 0 Å². The van der Waals surface area contributed by atoms with Crippen LogP contribution in [0.5, 0.6) is 0 Å². The lowest BCUT2D eigenvalue weighted by Crippen LogP contribution is -2.46. The zero-order valence-electron chi connectivity index (χ0n) is 11.4. The Hall–Kier alpha value is -1.66. The van der Waals surface area contributed by atoms with Crippen molar-refractivity contribution < 1.29 is 23.9 Å².